The van der Waals surface area contributed by atoms with Gasteiger partial charge < -0.3 is 9.84 Å². The molecule has 28 heavy (non-hydrogen) atoms. The molecule has 6 heteroatoms. The summed E-state index contributed by atoms with van der Waals surface area (Å²) in [5, 5.41) is 12.5. The fraction of sp³-hybridized carbons (Fsp3) is 0.0909. The zero-order chi connectivity index (χ0) is 19.5. The second-order valence-corrected chi connectivity index (χ2v) is 7.19. The Morgan fingerprint density at radius 3 is 2.50 bits per heavy atom. The quantitative estimate of drug-likeness (QED) is 0.517. The number of hydrogen-bond acceptors (Lipinski definition) is 5. The van der Waals surface area contributed by atoms with Crippen LogP contribution in [0.25, 0.3) is 21.3 Å². The highest BCUT2D eigenvalue weighted by atomic mass is 32.1. The summed E-state index contributed by atoms with van der Waals surface area (Å²) in [7, 11) is 1.61. The molecule has 0 atom stereocenters. The minimum atomic E-state index is -0.247. The molecule has 4 aromatic rings. The highest BCUT2D eigenvalue weighted by molar-refractivity contribution is 7.23. The highest BCUT2D eigenvalue weighted by Crippen LogP contribution is 2.39. The number of aromatic nitrogens is 1. The average molecular weight is 390 g/mol. The van der Waals surface area contributed by atoms with Gasteiger partial charge in [-0.15, -0.1) is 0 Å². The number of nitrogens with zero attached hydrogens (tertiary/aromatic N) is 1. The number of carbonyl (C=O) groups is 1. The predicted octanol–water partition coefficient (Wildman–Crippen LogP) is 4.72. The second-order valence-electron chi connectivity index (χ2n) is 6.19. The van der Waals surface area contributed by atoms with Crippen LogP contribution in [0.4, 0.5) is 5.13 Å². The van der Waals surface area contributed by atoms with Gasteiger partial charge in [-0.2, -0.15) is 0 Å². The van der Waals surface area contributed by atoms with Crippen molar-refractivity contribution < 1.29 is 14.6 Å². The lowest BCUT2D eigenvalue weighted by Crippen LogP contribution is -2.11. The molecule has 0 saturated heterocycles. The summed E-state index contributed by atoms with van der Waals surface area (Å²) in [5.41, 5.74) is 4.11. The van der Waals surface area contributed by atoms with E-state index in [9.17, 15) is 4.79 Å². The Balaban J connectivity index is 1.71. The van der Waals surface area contributed by atoms with Crippen molar-refractivity contribution >= 4 is 32.6 Å². The molecule has 140 valence electrons. The van der Waals surface area contributed by atoms with Crippen LogP contribution in [0.1, 0.15) is 15.9 Å². The number of anilines is 1. The first kappa shape index (κ1) is 18.2. The van der Waals surface area contributed by atoms with E-state index >= 15 is 0 Å². The molecule has 5 nitrogen and oxygen atoms in total. The molecule has 2 N–H and O–H groups in total. The average Bonchev–Trinajstić information content (AvgIpc) is 3.17. The van der Waals surface area contributed by atoms with Crippen LogP contribution in [0.15, 0.2) is 66.7 Å². The molecule has 4 rings (SSSR count). The van der Waals surface area contributed by atoms with Gasteiger partial charge in [0.05, 0.1) is 18.4 Å². The molecule has 0 aliphatic rings. The summed E-state index contributed by atoms with van der Waals surface area (Å²) in [6.07, 6.45) is 0. The number of nitrogens with one attached hydrogen (secondary N) is 1. The molecule has 0 bridgehead atoms. The molecule has 0 spiro atoms. The first-order valence-electron chi connectivity index (χ1n) is 8.73. The lowest BCUT2D eigenvalue weighted by Gasteiger charge is -2.05. The van der Waals surface area contributed by atoms with E-state index < -0.39 is 0 Å². The van der Waals surface area contributed by atoms with E-state index in [0.29, 0.717) is 16.4 Å². The van der Waals surface area contributed by atoms with Crippen LogP contribution in [0.2, 0.25) is 0 Å². The number of hydrogen-bond donors (Lipinski definition) is 2. The Morgan fingerprint density at radius 1 is 1.07 bits per heavy atom. The minimum Gasteiger partial charge on any atom is -0.494 e. The lowest BCUT2D eigenvalue weighted by atomic mass is 10.1. The van der Waals surface area contributed by atoms with Gasteiger partial charge >= 0.3 is 0 Å². The van der Waals surface area contributed by atoms with Crippen molar-refractivity contribution in [1.82, 2.24) is 4.98 Å². The second kappa shape index (κ2) is 7.80. The third-order valence-electron chi connectivity index (χ3n) is 4.43. The number of ether oxygens (including phenoxy) is 1. The van der Waals surface area contributed by atoms with Gasteiger partial charge in [-0.1, -0.05) is 53.8 Å². The van der Waals surface area contributed by atoms with E-state index in [1.807, 2.05) is 42.5 Å². The number of methoxy groups -OCH3 is 1. The van der Waals surface area contributed by atoms with Crippen LogP contribution in [0.3, 0.4) is 0 Å². The number of rotatable bonds is 5. The maximum Gasteiger partial charge on any atom is 0.257 e. The van der Waals surface area contributed by atoms with Crippen molar-refractivity contribution in [1.29, 1.82) is 0 Å². The normalized spacial score (nSPS) is 10.8. The Bertz CT molecular complexity index is 1120. The molecule has 1 heterocycles. The summed E-state index contributed by atoms with van der Waals surface area (Å²) >= 11 is 1.42. The first-order chi connectivity index (χ1) is 13.7. The van der Waals surface area contributed by atoms with Crippen LogP contribution in [-0.2, 0) is 6.61 Å². The first-order valence-corrected chi connectivity index (χ1v) is 9.55. The highest BCUT2D eigenvalue weighted by Gasteiger charge is 2.16. The third-order valence-corrected chi connectivity index (χ3v) is 5.43. The van der Waals surface area contributed by atoms with E-state index in [0.717, 1.165) is 26.9 Å². The third kappa shape index (κ3) is 3.47. The van der Waals surface area contributed by atoms with Gasteiger partial charge in [0.1, 0.15) is 11.3 Å². The summed E-state index contributed by atoms with van der Waals surface area (Å²) in [4.78, 5) is 17.2. The molecule has 0 saturated carbocycles. The fourth-order valence-corrected chi connectivity index (χ4v) is 3.99. The molecular weight excluding hydrogens is 372 g/mol. The van der Waals surface area contributed by atoms with Crippen LogP contribution < -0.4 is 10.1 Å². The lowest BCUT2D eigenvalue weighted by molar-refractivity contribution is 0.102. The Hall–Kier alpha value is -3.22. The number of amides is 1. The Kier molecular flexibility index (Phi) is 5.06. The van der Waals surface area contributed by atoms with Gasteiger partial charge in [0.25, 0.3) is 5.91 Å². The fourth-order valence-electron chi connectivity index (χ4n) is 2.98. The summed E-state index contributed by atoms with van der Waals surface area (Å²) < 4.78 is 6.41. The molecular formula is C22H18N2O3S. The summed E-state index contributed by atoms with van der Waals surface area (Å²) in [5.74, 6) is 0.419. The molecule has 0 aliphatic carbocycles. The summed E-state index contributed by atoms with van der Waals surface area (Å²) in [6.45, 7) is -0.0537. The van der Waals surface area contributed by atoms with Crippen molar-refractivity contribution in [3.05, 3.63) is 77.9 Å². The van der Waals surface area contributed by atoms with Crippen LogP contribution in [-0.4, -0.2) is 23.1 Å². The van der Waals surface area contributed by atoms with Gasteiger partial charge in [0.15, 0.2) is 5.13 Å². The number of carbonyl (C=O) groups excluding carboxylic acids is 1. The smallest absolute Gasteiger partial charge is 0.257 e. The summed E-state index contributed by atoms with van der Waals surface area (Å²) in [6, 6.07) is 20.8. The zero-order valence-corrected chi connectivity index (χ0v) is 16.0. The van der Waals surface area contributed by atoms with E-state index in [4.69, 9.17) is 9.84 Å². The standard InChI is InChI=1S/C22H18N2O3S/c1-27-18-12-11-17(15-5-3-2-4-6-15)20-19(18)23-22(28-20)24-21(26)16-9-7-14(13-25)8-10-16/h2-12,25H,13H2,1H3,(H,23,24,26). The van der Waals surface area contributed by atoms with Crippen molar-refractivity contribution in [2.75, 3.05) is 12.4 Å². The number of thiazole rings is 1. The molecule has 1 aromatic heterocycles. The largest absolute Gasteiger partial charge is 0.494 e. The van der Waals surface area contributed by atoms with E-state index in [2.05, 4.69) is 10.3 Å². The van der Waals surface area contributed by atoms with Gasteiger partial charge in [-0.05, 0) is 35.4 Å². The SMILES string of the molecule is COc1ccc(-c2ccccc2)c2sc(NC(=O)c3ccc(CO)cc3)nc12. The molecule has 0 radical (unpaired) electrons. The molecule has 3 aromatic carbocycles. The van der Waals surface area contributed by atoms with E-state index in [1.165, 1.54) is 11.3 Å². The molecule has 1 amide bonds. The van der Waals surface area contributed by atoms with Gasteiger partial charge in [0, 0.05) is 11.1 Å². The van der Waals surface area contributed by atoms with Crippen LogP contribution >= 0.6 is 11.3 Å². The topological polar surface area (TPSA) is 71.5 Å². The van der Waals surface area contributed by atoms with Crippen molar-refractivity contribution in [3.8, 4) is 16.9 Å². The van der Waals surface area contributed by atoms with Crippen molar-refractivity contribution in [2.45, 2.75) is 6.61 Å². The van der Waals surface area contributed by atoms with E-state index in [-0.39, 0.29) is 12.5 Å². The van der Waals surface area contributed by atoms with Crippen LogP contribution in [0.5, 0.6) is 5.75 Å². The zero-order valence-electron chi connectivity index (χ0n) is 15.2. The number of aliphatic hydroxyl groups is 1. The predicted molar refractivity (Wildman–Crippen MR) is 112 cm³/mol. The monoisotopic (exact) mass is 390 g/mol. The van der Waals surface area contributed by atoms with Crippen LogP contribution in [0, 0.1) is 0 Å². The van der Waals surface area contributed by atoms with Crippen molar-refractivity contribution in [3.63, 3.8) is 0 Å². The molecule has 0 aliphatic heterocycles. The maximum absolute atomic E-state index is 12.6. The molecule has 0 fully saturated rings. The Labute approximate surface area is 166 Å². The van der Waals surface area contributed by atoms with Gasteiger partial charge in [-0.25, -0.2) is 4.98 Å². The number of aliphatic hydroxyl groups excluding tert-OH is 1. The molecule has 0 unspecified atom stereocenters. The Morgan fingerprint density at radius 2 is 1.82 bits per heavy atom. The van der Waals surface area contributed by atoms with Gasteiger partial charge in [0.2, 0.25) is 0 Å². The number of benzene rings is 3. The number of fused-ring (bicyclic) bond motifs is 1. The minimum absolute atomic E-state index is 0.0537. The van der Waals surface area contributed by atoms with Gasteiger partial charge in [-0.3, -0.25) is 10.1 Å². The maximum atomic E-state index is 12.6. The van der Waals surface area contributed by atoms with Crippen molar-refractivity contribution in [2.24, 2.45) is 0 Å². The van der Waals surface area contributed by atoms with E-state index in [1.54, 1.807) is 31.4 Å².